The first-order valence-electron chi connectivity index (χ1n) is 21.4. The number of Topliss-reactive ketones (excluding diaryl/α,β-unsaturated/α-hetero) is 1. The fourth-order valence-corrected chi connectivity index (χ4v) is 11.9. The molecule has 15 heteroatoms. The number of benzene rings is 3. The van der Waals surface area contributed by atoms with Gasteiger partial charge in [0.15, 0.2) is 23.6 Å². The fourth-order valence-electron chi connectivity index (χ4n) is 10.6. The van der Waals surface area contributed by atoms with Gasteiger partial charge >= 0.3 is 23.9 Å². The number of amides is 1. The molecule has 4 aliphatic rings. The first-order valence-corrected chi connectivity index (χ1v) is 22.5. The maximum absolute atomic E-state index is 15.9. The van der Waals surface area contributed by atoms with E-state index in [0.717, 1.165) is 6.92 Å². The number of carbonyl (C=O) groups is 6. The van der Waals surface area contributed by atoms with Crippen LogP contribution in [-0.4, -0.2) is 105 Å². The normalized spacial score (nSPS) is 31.2. The number of esters is 4. The van der Waals surface area contributed by atoms with E-state index < -0.39 is 112 Å². The number of ketones is 1. The van der Waals surface area contributed by atoms with Crippen molar-refractivity contribution in [2.75, 3.05) is 12.4 Å². The van der Waals surface area contributed by atoms with Crippen LogP contribution < -0.4 is 5.32 Å². The summed E-state index contributed by atoms with van der Waals surface area (Å²) in [4.78, 5) is 84.6. The standard InChI is InChI=1S/C49H55NO13S/c1-8-64-35-24-34-48(26-59-34,63-29(4)52)40-42(62-44(56)32-22-16-11-17-23-32)49(58)25-33(27(2)36(46(49,5)6)39(60-28(3)51)41(54)47(35,40)7)61-45(57)38(53)37(30-18-12-9-13-19-30)50-43(55)31-20-14-10-15-21-31/h9-23,33-35,37-40,42,53,58H,8,24-26H2,1-7H3,(H,50,55)/t33?,34?,35?,37?,38?,39?,40?,42?,47-,48?,49?/m1/s1. The molecule has 11 atom stereocenters. The molecule has 1 heterocycles. The molecule has 7 rings (SSSR count). The van der Waals surface area contributed by atoms with E-state index in [1.54, 1.807) is 107 Å². The molecule has 0 radical (unpaired) electrons. The zero-order valence-corrected chi connectivity index (χ0v) is 37.7. The highest BCUT2D eigenvalue weighted by Crippen LogP contribution is 2.66. The fraction of sp³-hybridized carbons (Fsp3) is 0.469. The molecular formula is C49H55NO13S. The van der Waals surface area contributed by atoms with Crippen LogP contribution in [0.25, 0.3) is 0 Å². The van der Waals surface area contributed by atoms with Crippen LogP contribution in [-0.2, 0) is 42.9 Å². The van der Waals surface area contributed by atoms with Crippen LogP contribution in [0.4, 0.5) is 0 Å². The lowest BCUT2D eigenvalue weighted by atomic mass is 9.45. The van der Waals surface area contributed by atoms with Crippen LogP contribution in [0.3, 0.4) is 0 Å². The number of carbonyl (C=O) groups excluding carboxylic acids is 6. The summed E-state index contributed by atoms with van der Waals surface area (Å²) >= 11 is 1.45. The Kier molecular flexibility index (Phi) is 13.0. The number of rotatable bonds is 12. The minimum Gasteiger partial charge on any atom is -0.456 e. The Hall–Kier alpha value is -5.35. The summed E-state index contributed by atoms with van der Waals surface area (Å²) in [6, 6.07) is 23.4. The van der Waals surface area contributed by atoms with Gasteiger partial charge in [-0.1, -0.05) is 94.4 Å². The molecule has 10 unspecified atom stereocenters. The second-order valence-corrected chi connectivity index (χ2v) is 19.3. The monoisotopic (exact) mass is 897 g/mol. The van der Waals surface area contributed by atoms with Gasteiger partial charge in [-0.15, -0.1) is 0 Å². The van der Waals surface area contributed by atoms with Gasteiger partial charge in [0, 0.05) is 36.5 Å². The highest BCUT2D eigenvalue weighted by molar-refractivity contribution is 7.99. The molecule has 3 aromatic rings. The zero-order valence-electron chi connectivity index (χ0n) is 36.9. The summed E-state index contributed by atoms with van der Waals surface area (Å²) in [6.45, 7) is 10.6. The highest BCUT2D eigenvalue weighted by Gasteiger charge is 2.78. The van der Waals surface area contributed by atoms with E-state index in [9.17, 15) is 34.2 Å². The third-order valence-electron chi connectivity index (χ3n) is 13.8. The number of thioether (sulfide) groups is 1. The average Bonchev–Trinajstić information content (AvgIpc) is 3.26. The average molecular weight is 898 g/mol. The van der Waals surface area contributed by atoms with Gasteiger partial charge < -0.3 is 39.2 Å². The van der Waals surface area contributed by atoms with Gasteiger partial charge in [0.05, 0.1) is 29.5 Å². The molecule has 2 bridgehead atoms. The van der Waals surface area contributed by atoms with Gasteiger partial charge in [-0.25, -0.2) is 9.59 Å². The van der Waals surface area contributed by atoms with Crippen LogP contribution in [0, 0.1) is 16.7 Å². The van der Waals surface area contributed by atoms with Crippen molar-refractivity contribution in [2.24, 2.45) is 16.7 Å². The Morgan fingerprint density at radius 3 is 2.00 bits per heavy atom. The van der Waals surface area contributed by atoms with Crippen LogP contribution in [0.15, 0.2) is 102 Å². The molecule has 0 aromatic heterocycles. The molecule has 1 saturated heterocycles. The zero-order chi connectivity index (χ0) is 46.4. The largest absolute Gasteiger partial charge is 0.456 e. The lowest BCUT2D eigenvalue weighted by Gasteiger charge is -2.68. The van der Waals surface area contributed by atoms with Gasteiger partial charge in [-0.3, -0.25) is 19.2 Å². The van der Waals surface area contributed by atoms with Crippen molar-refractivity contribution in [3.05, 3.63) is 119 Å². The van der Waals surface area contributed by atoms with Gasteiger partial charge in [0.1, 0.15) is 23.9 Å². The van der Waals surface area contributed by atoms with Gasteiger partial charge in [0.25, 0.3) is 5.91 Å². The number of fused-ring (bicyclic) bond motifs is 5. The molecule has 3 aliphatic carbocycles. The molecule has 64 heavy (non-hydrogen) atoms. The molecule has 0 spiro atoms. The summed E-state index contributed by atoms with van der Waals surface area (Å²) in [7, 11) is 0. The number of aliphatic hydroxyl groups is 2. The van der Waals surface area contributed by atoms with E-state index in [1.165, 1.54) is 30.8 Å². The molecular weight excluding hydrogens is 843 g/mol. The van der Waals surface area contributed by atoms with Crippen molar-refractivity contribution < 1.29 is 62.7 Å². The maximum Gasteiger partial charge on any atom is 0.338 e. The second kappa shape index (κ2) is 17.9. The van der Waals surface area contributed by atoms with Crippen molar-refractivity contribution in [2.45, 2.75) is 114 Å². The summed E-state index contributed by atoms with van der Waals surface area (Å²) in [6.07, 6.45) is -7.80. The van der Waals surface area contributed by atoms with Crippen LogP contribution in [0.1, 0.15) is 93.6 Å². The summed E-state index contributed by atoms with van der Waals surface area (Å²) < 4.78 is 31.1. The Balaban J connectivity index is 1.41. The van der Waals surface area contributed by atoms with Crippen molar-refractivity contribution in [3.8, 4) is 0 Å². The molecule has 340 valence electrons. The van der Waals surface area contributed by atoms with E-state index in [0.29, 0.717) is 11.3 Å². The van der Waals surface area contributed by atoms with E-state index in [2.05, 4.69) is 5.32 Å². The molecule has 14 nitrogen and oxygen atoms in total. The minimum absolute atomic E-state index is 0.111. The van der Waals surface area contributed by atoms with Crippen LogP contribution in [0.5, 0.6) is 0 Å². The molecule has 1 amide bonds. The Bertz CT molecular complexity index is 2320. The predicted molar refractivity (Wildman–Crippen MR) is 234 cm³/mol. The molecule has 3 N–H and O–H groups in total. The predicted octanol–water partition coefficient (Wildman–Crippen LogP) is 5.50. The maximum atomic E-state index is 15.9. The van der Waals surface area contributed by atoms with E-state index in [1.807, 2.05) is 6.92 Å². The Morgan fingerprint density at radius 1 is 0.859 bits per heavy atom. The molecule has 3 fully saturated rings. The lowest BCUT2D eigenvalue weighted by Crippen LogP contribution is -2.81. The number of ether oxygens (including phenoxy) is 5. The van der Waals surface area contributed by atoms with Gasteiger partial charge in [-0.05, 0) is 60.1 Å². The molecule has 3 aromatic carbocycles. The molecule has 2 saturated carbocycles. The second-order valence-electron chi connectivity index (χ2n) is 17.8. The van der Waals surface area contributed by atoms with Gasteiger partial charge in [-0.2, -0.15) is 11.8 Å². The SMILES string of the molecule is CCSC1CC2OCC2(OC(C)=O)C2C(OC(=O)c3ccccc3)C3(O)CC(OC(=O)C(O)C(NC(=O)c4ccccc4)c4ccccc4)C(C)=C(C(OC(C)=O)C(=O)[C@]12C)C3(C)C. The third-order valence-corrected chi connectivity index (χ3v) is 15.2. The Morgan fingerprint density at radius 2 is 1.45 bits per heavy atom. The van der Waals surface area contributed by atoms with Crippen molar-refractivity contribution in [3.63, 3.8) is 0 Å². The number of hydrogen-bond donors (Lipinski definition) is 3. The van der Waals surface area contributed by atoms with E-state index >= 15 is 4.79 Å². The van der Waals surface area contributed by atoms with Gasteiger partial charge in [0.2, 0.25) is 0 Å². The van der Waals surface area contributed by atoms with Crippen LogP contribution in [0.2, 0.25) is 0 Å². The summed E-state index contributed by atoms with van der Waals surface area (Å²) in [5, 5.41) is 27.9. The van der Waals surface area contributed by atoms with Crippen LogP contribution >= 0.6 is 11.8 Å². The van der Waals surface area contributed by atoms with Crippen molar-refractivity contribution >= 4 is 47.3 Å². The first-order chi connectivity index (χ1) is 30.3. The van der Waals surface area contributed by atoms with E-state index in [4.69, 9.17) is 23.7 Å². The third kappa shape index (κ3) is 7.94. The lowest BCUT2D eigenvalue weighted by molar-refractivity contribution is -0.331. The number of aliphatic hydroxyl groups excluding tert-OH is 1. The summed E-state index contributed by atoms with van der Waals surface area (Å²) in [5.41, 5.74) is -5.98. The number of hydrogen-bond acceptors (Lipinski definition) is 14. The first kappa shape index (κ1) is 46.6. The van der Waals surface area contributed by atoms with E-state index in [-0.39, 0.29) is 35.3 Å². The molecule has 1 aliphatic heterocycles. The summed E-state index contributed by atoms with van der Waals surface area (Å²) in [5.74, 6) is -5.50. The highest BCUT2D eigenvalue weighted by atomic mass is 32.2. The van der Waals surface area contributed by atoms with Crippen molar-refractivity contribution in [1.82, 2.24) is 5.32 Å². The van der Waals surface area contributed by atoms with Crippen molar-refractivity contribution in [1.29, 1.82) is 0 Å². The topological polar surface area (TPSA) is 201 Å². The Labute approximate surface area is 376 Å². The quantitative estimate of drug-likeness (QED) is 0.117. The smallest absolute Gasteiger partial charge is 0.338 e. The minimum atomic E-state index is -2.29. The number of nitrogens with one attached hydrogen (secondary N) is 1.